The fraction of sp³-hybridized carbons (Fsp3) is 0.429. The minimum atomic E-state index is -0.520. The molecule has 1 aliphatic carbocycles. The van der Waals surface area contributed by atoms with Crippen molar-refractivity contribution >= 4 is 5.97 Å². The first-order valence-corrected chi connectivity index (χ1v) is 9.89. The van der Waals surface area contributed by atoms with Crippen LogP contribution in [0.4, 0.5) is 4.39 Å². The van der Waals surface area contributed by atoms with E-state index in [1.54, 1.807) is 16.8 Å². The summed E-state index contributed by atoms with van der Waals surface area (Å²) in [7, 11) is 0. The molecule has 0 radical (unpaired) electrons. The molecule has 0 saturated carbocycles. The van der Waals surface area contributed by atoms with Crippen LogP contribution in [0.5, 0.6) is 0 Å². The van der Waals surface area contributed by atoms with Gasteiger partial charge >= 0.3 is 5.97 Å². The Morgan fingerprint density at radius 3 is 2.69 bits per heavy atom. The van der Waals surface area contributed by atoms with Crippen molar-refractivity contribution in [2.75, 3.05) is 0 Å². The number of rotatable bonds is 5. The van der Waals surface area contributed by atoms with E-state index in [2.05, 4.69) is 15.2 Å². The van der Waals surface area contributed by atoms with Gasteiger partial charge in [0.15, 0.2) is 18.1 Å². The molecule has 0 bridgehead atoms. The van der Waals surface area contributed by atoms with Gasteiger partial charge in [0.1, 0.15) is 5.82 Å². The van der Waals surface area contributed by atoms with Crippen molar-refractivity contribution in [1.29, 1.82) is 0 Å². The third-order valence-corrected chi connectivity index (χ3v) is 5.02. The lowest BCUT2D eigenvalue weighted by atomic mass is 10.1. The Morgan fingerprint density at radius 1 is 1.21 bits per heavy atom. The number of carbonyl (C=O) groups excluding carboxylic acids is 1. The third-order valence-electron chi connectivity index (χ3n) is 5.02. The fourth-order valence-corrected chi connectivity index (χ4v) is 3.49. The van der Waals surface area contributed by atoms with Crippen LogP contribution in [-0.2, 0) is 24.2 Å². The van der Waals surface area contributed by atoms with Gasteiger partial charge in [-0.2, -0.15) is 10.1 Å². The Hall–Kier alpha value is -3.03. The van der Waals surface area contributed by atoms with Crippen molar-refractivity contribution in [3.8, 4) is 5.69 Å². The van der Waals surface area contributed by atoms with Gasteiger partial charge in [-0.25, -0.2) is 13.9 Å². The summed E-state index contributed by atoms with van der Waals surface area (Å²) in [5, 5.41) is 8.40. The van der Waals surface area contributed by atoms with E-state index < -0.39 is 5.97 Å². The Morgan fingerprint density at radius 2 is 1.97 bits per heavy atom. The summed E-state index contributed by atoms with van der Waals surface area (Å²) >= 11 is 0. The van der Waals surface area contributed by atoms with Crippen LogP contribution in [0.25, 0.3) is 5.69 Å². The molecule has 0 amide bonds. The molecular formula is C21H23FN4O3. The fourth-order valence-electron chi connectivity index (χ4n) is 3.49. The average Bonchev–Trinajstić information content (AvgIpc) is 3.25. The molecule has 1 aliphatic rings. The molecular weight excluding hydrogens is 375 g/mol. The highest BCUT2D eigenvalue weighted by atomic mass is 19.1. The Balaban J connectivity index is 1.60. The van der Waals surface area contributed by atoms with Gasteiger partial charge in [0.05, 0.1) is 5.69 Å². The molecule has 0 saturated heterocycles. The number of hydrogen-bond donors (Lipinski definition) is 0. The van der Waals surface area contributed by atoms with Crippen molar-refractivity contribution in [1.82, 2.24) is 19.9 Å². The molecule has 0 unspecified atom stereocenters. The maximum Gasteiger partial charge on any atom is 0.359 e. The lowest BCUT2D eigenvalue weighted by molar-refractivity contribution is 0.0421. The summed E-state index contributed by atoms with van der Waals surface area (Å²) in [6.45, 7) is 3.81. The molecule has 3 aromatic rings. The van der Waals surface area contributed by atoms with Gasteiger partial charge in [0.25, 0.3) is 5.89 Å². The minimum absolute atomic E-state index is 0.100. The second-order valence-corrected chi connectivity index (χ2v) is 7.50. The standard InChI is InChI=1S/C21H23FN4O3/c1-13(2)20-23-18(29-25-20)12-28-21(27)19-16-6-4-3-5-7-17(16)26(24-19)15-10-8-14(22)9-11-15/h8-11,13H,3-7,12H2,1-2H3. The number of carbonyl (C=O) groups is 1. The minimum Gasteiger partial charge on any atom is -0.451 e. The first kappa shape index (κ1) is 19.3. The summed E-state index contributed by atoms with van der Waals surface area (Å²) in [6.07, 6.45) is 4.68. The van der Waals surface area contributed by atoms with Crippen LogP contribution < -0.4 is 0 Å². The van der Waals surface area contributed by atoms with Gasteiger partial charge < -0.3 is 9.26 Å². The number of hydrogen-bond acceptors (Lipinski definition) is 6. The number of ether oxygens (including phenoxy) is 1. The van der Waals surface area contributed by atoms with Crippen molar-refractivity contribution in [3.05, 3.63) is 58.7 Å². The molecule has 29 heavy (non-hydrogen) atoms. The van der Waals surface area contributed by atoms with Gasteiger partial charge in [-0.15, -0.1) is 0 Å². The number of aromatic nitrogens is 4. The molecule has 152 valence electrons. The van der Waals surface area contributed by atoms with E-state index in [0.717, 1.165) is 49.0 Å². The van der Waals surface area contributed by atoms with E-state index in [1.807, 2.05) is 13.8 Å². The predicted molar refractivity (Wildman–Crippen MR) is 102 cm³/mol. The van der Waals surface area contributed by atoms with Crippen molar-refractivity contribution in [2.45, 2.75) is 58.5 Å². The van der Waals surface area contributed by atoms with E-state index in [4.69, 9.17) is 9.26 Å². The van der Waals surface area contributed by atoms with E-state index in [0.29, 0.717) is 11.5 Å². The molecule has 0 N–H and O–H groups in total. The van der Waals surface area contributed by atoms with Crippen LogP contribution in [0.2, 0.25) is 0 Å². The van der Waals surface area contributed by atoms with Crippen LogP contribution >= 0.6 is 0 Å². The normalized spacial score (nSPS) is 13.9. The maximum atomic E-state index is 13.3. The van der Waals surface area contributed by atoms with Gasteiger partial charge in [-0.05, 0) is 49.9 Å². The molecule has 0 aliphatic heterocycles. The van der Waals surface area contributed by atoms with Gasteiger partial charge in [0, 0.05) is 17.2 Å². The molecule has 2 aromatic heterocycles. The monoisotopic (exact) mass is 398 g/mol. The molecule has 4 rings (SSSR count). The summed E-state index contributed by atoms with van der Waals surface area (Å²) in [5.74, 6) is 0.127. The highest BCUT2D eigenvalue weighted by Crippen LogP contribution is 2.27. The zero-order chi connectivity index (χ0) is 20.4. The summed E-state index contributed by atoms with van der Waals surface area (Å²) < 4.78 is 25.6. The highest BCUT2D eigenvalue weighted by Gasteiger charge is 2.26. The number of fused-ring (bicyclic) bond motifs is 1. The highest BCUT2D eigenvalue weighted by molar-refractivity contribution is 5.89. The number of nitrogens with zero attached hydrogens (tertiary/aromatic N) is 4. The maximum absolute atomic E-state index is 13.3. The topological polar surface area (TPSA) is 83.0 Å². The first-order valence-electron chi connectivity index (χ1n) is 9.89. The lowest BCUT2D eigenvalue weighted by Gasteiger charge is -2.07. The summed E-state index contributed by atoms with van der Waals surface area (Å²) in [6, 6.07) is 6.10. The molecule has 0 atom stereocenters. The SMILES string of the molecule is CC(C)c1noc(COC(=O)c2nn(-c3ccc(F)cc3)c3c2CCCCC3)n1. The predicted octanol–water partition coefficient (Wildman–Crippen LogP) is 4.14. The van der Waals surface area contributed by atoms with Gasteiger partial charge in [-0.1, -0.05) is 25.4 Å². The van der Waals surface area contributed by atoms with Crippen LogP contribution in [0.1, 0.15) is 72.5 Å². The van der Waals surface area contributed by atoms with E-state index in [9.17, 15) is 9.18 Å². The molecule has 0 fully saturated rings. The summed E-state index contributed by atoms with van der Waals surface area (Å²) in [5.41, 5.74) is 2.92. The Bertz CT molecular complexity index is 1010. The molecule has 2 heterocycles. The quantitative estimate of drug-likeness (QED) is 0.474. The second kappa shape index (κ2) is 8.14. The smallest absolute Gasteiger partial charge is 0.359 e. The number of halogens is 1. The number of benzene rings is 1. The van der Waals surface area contributed by atoms with Gasteiger partial charge in [-0.3, -0.25) is 0 Å². The lowest BCUT2D eigenvalue weighted by Crippen LogP contribution is -2.09. The van der Waals surface area contributed by atoms with Crippen LogP contribution in [0, 0.1) is 5.82 Å². The molecule has 1 aromatic carbocycles. The Kier molecular flexibility index (Phi) is 5.42. The third kappa shape index (κ3) is 4.06. The Labute approximate surface area is 167 Å². The first-order chi connectivity index (χ1) is 14.0. The van der Waals surface area contributed by atoms with E-state index >= 15 is 0 Å². The van der Waals surface area contributed by atoms with Gasteiger partial charge in [0.2, 0.25) is 0 Å². The molecule has 7 nitrogen and oxygen atoms in total. The molecule has 0 spiro atoms. The second-order valence-electron chi connectivity index (χ2n) is 7.50. The molecule has 8 heteroatoms. The zero-order valence-corrected chi connectivity index (χ0v) is 16.5. The zero-order valence-electron chi connectivity index (χ0n) is 16.5. The summed E-state index contributed by atoms with van der Waals surface area (Å²) in [4.78, 5) is 17.0. The van der Waals surface area contributed by atoms with E-state index in [-0.39, 0.29) is 24.2 Å². The van der Waals surface area contributed by atoms with Crippen molar-refractivity contribution < 1.29 is 18.4 Å². The van der Waals surface area contributed by atoms with Crippen molar-refractivity contribution in [2.24, 2.45) is 0 Å². The largest absolute Gasteiger partial charge is 0.451 e. The van der Waals surface area contributed by atoms with Crippen LogP contribution in [0.3, 0.4) is 0 Å². The van der Waals surface area contributed by atoms with Crippen LogP contribution in [-0.4, -0.2) is 25.9 Å². The van der Waals surface area contributed by atoms with Crippen molar-refractivity contribution in [3.63, 3.8) is 0 Å². The van der Waals surface area contributed by atoms with E-state index in [1.165, 1.54) is 12.1 Å². The van der Waals surface area contributed by atoms with Crippen LogP contribution in [0.15, 0.2) is 28.8 Å². The average molecular weight is 398 g/mol. The number of esters is 1.